The lowest BCUT2D eigenvalue weighted by Crippen LogP contribution is -2.62. The average Bonchev–Trinajstić information content (AvgIpc) is 3.72. The minimum absolute atomic E-state index is 0.00585. The minimum atomic E-state index is -1.14. The number of alkyl carbamates (subject to hydrolysis) is 1. The van der Waals surface area contributed by atoms with E-state index in [1.165, 1.54) is 0 Å². The Balaban J connectivity index is 1.35. The number of likely N-dealkylation sites (tertiary alicyclic amines) is 1. The Morgan fingerprint density at radius 2 is 1.33 bits per heavy atom. The molecule has 0 spiro atoms. The maximum atomic E-state index is 14.5. The van der Waals surface area contributed by atoms with Gasteiger partial charge in [-0.3, -0.25) is 14.4 Å². The molecule has 1 heterocycles. The van der Waals surface area contributed by atoms with Crippen LogP contribution < -0.4 is 16.0 Å². The number of fused-ring (bicyclic) bond motifs is 3. The van der Waals surface area contributed by atoms with Crippen molar-refractivity contribution < 1.29 is 38.2 Å². The number of hydrogen-bond donors (Lipinski definition) is 3. The van der Waals surface area contributed by atoms with Crippen molar-refractivity contribution in [2.24, 2.45) is 11.8 Å². The van der Waals surface area contributed by atoms with Crippen LogP contribution in [0.2, 0.25) is 0 Å². The maximum Gasteiger partial charge on any atom is 0.407 e. The summed E-state index contributed by atoms with van der Waals surface area (Å²) < 4.78 is 17.6. The molecule has 330 valence electrons. The van der Waals surface area contributed by atoms with Gasteiger partial charge in [-0.2, -0.15) is 0 Å². The van der Waals surface area contributed by atoms with Crippen molar-refractivity contribution in [2.45, 2.75) is 142 Å². The lowest BCUT2D eigenvalue weighted by Gasteiger charge is -2.40. The van der Waals surface area contributed by atoms with Gasteiger partial charge >= 0.3 is 12.1 Å². The van der Waals surface area contributed by atoms with E-state index in [4.69, 9.17) is 14.2 Å². The normalized spacial score (nSPS) is 17.3. The van der Waals surface area contributed by atoms with Crippen molar-refractivity contribution in [3.05, 3.63) is 95.6 Å². The van der Waals surface area contributed by atoms with Crippen LogP contribution in [0.25, 0.3) is 11.1 Å². The Hall–Kier alpha value is -5.23. The minimum Gasteiger partial charge on any atom is -0.458 e. The van der Waals surface area contributed by atoms with E-state index < -0.39 is 65.3 Å². The molecular weight excluding hydrogens is 773 g/mol. The van der Waals surface area contributed by atoms with Gasteiger partial charge in [0.1, 0.15) is 30.3 Å². The van der Waals surface area contributed by atoms with Crippen LogP contribution >= 0.6 is 0 Å². The van der Waals surface area contributed by atoms with Crippen LogP contribution in [0, 0.1) is 11.8 Å². The van der Waals surface area contributed by atoms with Gasteiger partial charge in [0.25, 0.3) is 0 Å². The summed E-state index contributed by atoms with van der Waals surface area (Å²) in [6, 6.07) is 21.3. The van der Waals surface area contributed by atoms with E-state index in [1.54, 1.807) is 25.7 Å². The zero-order valence-electron chi connectivity index (χ0n) is 37.6. The van der Waals surface area contributed by atoms with Gasteiger partial charge in [0, 0.05) is 18.8 Å². The van der Waals surface area contributed by atoms with Gasteiger partial charge in [-0.15, -0.1) is 0 Å². The van der Waals surface area contributed by atoms with Gasteiger partial charge in [-0.25, -0.2) is 9.59 Å². The third-order valence-corrected chi connectivity index (χ3v) is 11.0. The molecule has 1 aliphatic carbocycles. The lowest BCUT2D eigenvalue weighted by molar-refractivity contribution is -0.159. The highest BCUT2D eigenvalue weighted by Gasteiger charge is 2.46. The van der Waals surface area contributed by atoms with Crippen molar-refractivity contribution >= 4 is 29.8 Å². The summed E-state index contributed by atoms with van der Waals surface area (Å²) in [7, 11) is 0. The van der Waals surface area contributed by atoms with Crippen LogP contribution in [0.1, 0.15) is 111 Å². The summed E-state index contributed by atoms with van der Waals surface area (Å²) in [5.74, 6) is -2.11. The quantitative estimate of drug-likeness (QED) is 0.120. The summed E-state index contributed by atoms with van der Waals surface area (Å²) in [6.07, 6.45) is 0.338. The smallest absolute Gasteiger partial charge is 0.407 e. The Bertz CT molecular complexity index is 1960. The van der Waals surface area contributed by atoms with E-state index in [2.05, 4.69) is 28.1 Å². The molecule has 3 aromatic rings. The molecule has 0 aromatic heterocycles. The predicted octanol–water partition coefficient (Wildman–Crippen LogP) is 7.32. The average molecular weight is 839 g/mol. The molecule has 12 heteroatoms. The van der Waals surface area contributed by atoms with E-state index in [0.29, 0.717) is 12.8 Å². The highest BCUT2D eigenvalue weighted by molar-refractivity contribution is 5.92. The van der Waals surface area contributed by atoms with Crippen LogP contribution in [-0.4, -0.2) is 89.3 Å². The van der Waals surface area contributed by atoms with Gasteiger partial charge in [-0.1, -0.05) is 107 Å². The molecule has 5 rings (SSSR count). The summed E-state index contributed by atoms with van der Waals surface area (Å²) in [5.41, 5.74) is 3.77. The predicted molar refractivity (Wildman–Crippen MR) is 235 cm³/mol. The molecule has 12 nitrogen and oxygen atoms in total. The van der Waals surface area contributed by atoms with E-state index in [0.717, 1.165) is 27.8 Å². The highest BCUT2D eigenvalue weighted by atomic mass is 16.6. The summed E-state index contributed by atoms with van der Waals surface area (Å²) in [5, 5.41) is 8.88. The Labute approximate surface area is 361 Å². The molecule has 5 atom stereocenters. The Kier molecular flexibility index (Phi) is 15.4. The number of ether oxygens (including phenoxy) is 3. The third-order valence-electron chi connectivity index (χ3n) is 11.0. The summed E-state index contributed by atoms with van der Waals surface area (Å²) in [6.45, 7) is 18.7. The molecule has 0 saturated carbocycles. The number of hydrogen-bond acceptors (Lipinski definition) is 8. The largest absolute Gasteiger partial charge is 0.458 e. The molecule has 2 aliphatic rings. The van der Waals surface area contributed by atoms with E-state index in [1.807, 2.05) is 115 Å². The molecule has 4 amide bonds. The SMILES string of the molecule is CC(C)C[C@@H](C(=O)N[C@@H](Cc1ccccc1)C(=O)OC(C)(C)C)N1C(=O)CCC1[C@@H](NC(=O)[C@H](COC(C)(C)C)NC(=O)OCC1c2ccccc2-c2ccccc21)C(C)C. The van der Waals surface area contributed by atoms with E-state index in [-0.39, 0.29) is 49.7 Å². The zero-order valence-corrected chi connectivity index (χ0v) is 37.6. The number of esters is 1. The monoisotopic (exact) mass is 838 g/mol. The lowest BCUT2D eigenvalue weighted by atomic mass is 9.92. The number of benzene rings is 3. The van der Waals surface area contributed by atoms with Crippen LogP contribution in [-0.2, 0) is 39.8 Å². The first-order valence-corrected chi connectivity index (χ1v) is 21.7. The van der Waals surface area contributed by atoms with Crippen molar-refractivity contribution in [1.82, 2.24) is 20.9 Å². The molecule has 1 aliphatic heterocycles. The fraction of sp³-hybridized carbons (Fsp3) is 0.531. The van der Waals surface area contributed by atoms with Crippen molar-refractivity contribution in [3.8, 4) is 11.1 Å². The number of nitrogens with zero attached hydrogens (tertiary/aromatic N) is 1. The van der Waals surface area contributed by atoms with E-state index >= 15 is 0 Å². The second-order valence-corrected chi connectivity index (χ2v) is 19.1. The van der Waals surface area contributed by atoms with Gasteiger partial charge in [0.2, 0.25) is 17.7 Å². The van der Waals surface area contributed by atoms with Crippen molar-refractivity contribution in [1.29, 1.82) is 0 Å². The topological polar surface area (TPSA) is 152 Å². The van der Waals surface area contributed by atoms with Crippen molar-refractivity contribution in [2.75, 3.05) is 13.2 Å². The molecule has 61 heavy (non-hydrogen) atoms. The van der Waals surface area contributed by atoms with Crippen molar-refractivity contribution in [3.63, 3.8) is 0 Å². The number of nitrogens with one attached hydrogen (secondary N) is 3. The molecule has 0 radical (unpaired) electrons. The fourth-order valence-corrected chi connectivity index (χ4v) is 8.23. The molecule has 1 saturated heterocycles. The standard InChI is InChI=1S/C49H66N4O8/c1-30(2)26-41(45(56)50-38(46(57)61-49(8,9)10)27-32-18-12-11-13-19-32)53-40(24-25-42(53)54)43(31(3)4)52-44(55)39(29-60-48(5,6)7)51-47(58)59-28-37-35-22-16-14-20-33(35)34-21-15-17-23-36(34)37/h11-23,30-31,37-41,43H,24-29H2,1-10H3,(H,50,56)(H,51,58)(H,52,55)/t38-,39-,40?,41-,43-/m0/s1. The van der Waals surface area contributed by atoms with Gasteiger partial charge in [0.05, 0.1) is 24.3 Å². The first-order chi connectivity index (χ1) is 28.7. The second kappa shape index (κ2) is 20.1. The van der Waals surface area contributed by atoms with Crippen LogP contribution in [0.3, 0.4) is 0 Å². The number of rotatable bonds is 17. The molecule has 3 aromatic carbocycles. The summed E-state index contributed by atoms with van der Waals surface area (Å²) >= 11 is 0. The Morgan fingerprint density at radius 1 is 0.738 bits per heavy atom. The number of amides is 4. The number of carbonyl (C=O) groups excluding carboxylic acids is 5. The summed E-state index contributed by atoms with van der Waals surface area (Å²) in [4.78, 5) is 71.4. The second-order valence-electron chi connectivity index (χ2n) is 19.1. The third kappa shape index (κ3) is 12.7. The first-order valence-electron chi connectivity index (χ1n) is 21.7. The van der Waals surface area contributed by atoms with Crippen LogP contribution in [0.5, 0.6) is 0 Å². The maximum absolute atomic E-state index is 14.5. The molecule has 0 bridgehead atoms. The molecule has 1 fully saturated rings. The fourth-order valence-electron chi connectivity index (χ4n) is 8.23. The Morgan fingerprint density at radius 3 is 1.89 bits per heavy atom. The van der Waals surface area contributed by atoms with Crippen LogP contribution in [0.4, 0.5) is 4.79 Å². The first kappa shape index (κ1) is 46.8. The van der Waals surface area contributed by atoms with Gasteiger partial charge in [-0.05, 0) is 94.0 Å². The molecule has 1 unspecified atom stereocenters. The van der Waals surface area contributed by atoms with Crippen LogP contribution in [0.15, 0.2) is 78.9 Å². The molecule has 3 N–H and O–H groups in total. The van der Waals surface area contributed by atoms with E-state index in [9.17, 15) is 24.0 Å². The van der Waals surface area contributed by atoms with Gasteiger partial charge in [0.15, 0.2) is 0 Å². The molecular formula is C49H66N4O8. The van der Waals surface area contributed by atoms with Gasteiger partial charge < -0.3 is 35.1 Å². The zero-order chi connectivity index (χ0) is 44.6. The number of carbonyl (C=O) groups is 5. The highest BCUT2D eigenvalue weighted by Crippen LogP contribution is 2.44.